The van der Waals surface area contributed by atoms with Crippen LogP contribution in [0, 0.1) is 5.92 Å². The summed E-state index contributed by atoms with van der Waals surface area (Å²) in [5, 5.41) is 63.5. The first-order valence-electron chi connectivity index (χ1n) is 26.2. The van der Waals surface area contributed by atoms with Crippen LogP contribution < -0.4 is 21.3 Å². The lowest BCUT2D eigenvalue weighted by Gasteiger charge is -2.46. The van der Waals surface area contributed by atoms with Crippen molar-refractivity contribution in [2.45, 2.75) is 249 Å². The van der Waals surface area contributed by atoms with E-state index in [9.17, 15) is 44.7 Å². The van der Waals surface area contributed by atoms with Crippen LogP contribution in [0.5, 0.6) is 0 Å². The molecule has 0 aromatic carbocycles. The summed E-state index contributed by atoms with van der Waals surface area (Å²) in [5.41, 5.74) is 0. The van der Waals surface area contributed by atoms with Gasteiger partial charge in [-0.2, -0.15) is 0 Å². The molecule has 0 aromatic rings. The second-order valence-electron chi connectivity index (χ2n) is 18.8. The van der Waals surface area contributed by atoms with Gasteiger partial charge in [0.2, 0.25) is 17.7 Å². The highest BCUT2D eigenvalue weighted by Gasteiger charge is 2.50. The quantitative estimate of drug-likeness (QED) is 0.0297. The second-order valence-corrected chi connectivity index (χ2v) is 18.8. The fraction of sp³-hybridized carbons (Fsp3) is 0.918. The van der Waals surface area contributed by atoms with Gasteiger partial charge in [0.1, 0.15) is 30.5 Å². The minimum Gasteiger partial charge on any atom is -0.394 e. The zero-order valence-corrected chi connectivity index (χ0v) is 41.6. The summed E-state index contributed by atoms with van der Waals surface area (Å²) in [7, 11) is 2.43. The maximum atomic E-state index is 13.3. The van der Waals surface area contributed by atoms with Crippen LogP contribution in [0.1, 0.15) is 188 Å². The summed E-state index contributed by atoms with van der Waals surface area (Å²) in [4.78, 5) is 52.3. The van der Waals surface area contributed by atoms with E-state index in [4.69, 9.17) is 18.9 Å². The molecule has 0 bridgehead atoms. The fourth-order valence-electron chi connectivity index (χ4n) is 8.62. The average Bonchev–Trinajstić information content (AvgIpc) is 3.32. The Balaban J connectivity index is 1.83. The van der Waals surface area contributed by atoms with E-state index in [2.05, 4.69) is 35.1 Å². The number of ether oxygens (including phenoxy) is 4. The average molecular weight is 956 g/mol. The van der Waals surface area contributed by atoms with E-state index in [0.717, 1.165) is 44.9 Å². The highest BCUT2D eigenvalue weighted by Crippen LogP contribution is 2.31. The minimum atomic E-state index is -1.60. The summed E-state index contributed by atoms with van der Waals surface area (Å²) in [5.74, 6) is -4.05. The first-order valence-corrected chi connectivity index (χ1v) is 26.2. The van der Waals surface area contributed by atoms with Crippen molar-refractivity contribution in [3.8, 4) is 0 Å². The molecule has 18 heteroatoms. The number of hydrogen-bond acceptors (Lipinski definition) is 13. The smallest absolute Gasteiger partial charge is 0.273 e. The van der Waals surface area contributed by atoms with E-state index >= 15 is 0 Å². The molecule has 2 fully saturated rings. The van der Waals surface area contributed by atoms with Gasteiger partial charge >= 0.3 is 0 Å². The third-order valence-electron chi connectivity index (χ3n) is 13.1. The first kappa shape index (κ1) is 60.7. The Bertz CT molecular complexity index is 1320. The summed E-state index contributed by atoms with van der Waals surface area (Å²) in [6.45, 7) is 6.15. The molecule has 1 radical (unpaired) electrons. The van der Waals surface area contributed by atoms with Crippen molar-refractivity contribution in [2.24, 2.45) is 5.92 Å². The molecular formula is C49H92BN4O13. The number of carbonyl (C=O) groups excluding carboxylic acids is 4. The van der Waals surface area contributed by atoms with E-state index < -0.39 is 97.3 Å². The topological polar surface area (TPSA) is 254 Å². The van der Waals surface area contributed by atoms with Crippen LogP contribution in [0.4, 0.5) is 4.79 Å². The van der Waals surface area contributed by atoms with E-state index in [1.165, 1.54) is 124 Å². The van der Waals surface area contributed by atoms with Crippen LogP contribution >= 0.6 is 0 Å². The molecule has 4 unspecified atom stereocenters. The molecule has 2 aliphatic heterocycles. The molecule has 2 saturated heterocycles. The minimum absolute atomic E-state index is 0.149. The number of nitrogens with one attached hydrogen (secondary N) is 4. The number of aliphatic hydroxyl groups is 5. The first-order chi connectivity index (χ1) is 32.4. The number of rotatable bonds is 39. The molecule has 9 N–H and O–H groups in total. The van der Waals surface area contributed by atoms with E-state index in [0.29, 0.717) is 13.1 Å². The second kappa shape index (κ2) is 37.4. The molecule has 17 nitrogen and oxygen atoms in total. The number of unbranched alkanes of at least 4 members (excludes halogenated alkanes) is 22. The molecule has 2 aliphatic rings. The van der Waals surface area contributed by atoms with Crippen molar-refractivity contribution in [1.29, 1.82) is 0 Å². The Kier molecular flexibility index (Phi) is 33.9. The Hall–Kier alpha value is -2.42. The third-order valence-corrected chi connectivity index (χ3v) is 13.1. The van der Waals surface area contributed by atoms with Crippen LogP contribution in [-0.4, -0.2) is 151 Å². The van der Waals surface area contributed by atoms with E-state index in [1.54, 1.807) is 6.92 Å². The van der Waals surface area contributed by atoms with Gasteiger partial charge in [0.25, 0.3) is 7.28 Å². The Labute approximate surface area is 403 Å². The van der Waals surface area contributed by atoms with Crippen molar-refractivity contribution in [3.05, 3.63) is 0 Å². The molecule has 2 heterocycles. The Morgan fingerprint density at radius 2 is 1.01 bits per heavy atom. The fourth-order valence-corrected chi connectivity index (χ4v) is 8.62. The number of methoxy groups -OCH3 is 1. The zero-order chi connectivity index (χ0) is 49.2. The predicted molar refractivity (Wildman–Crippen MR) is 258 cm³/mol. The summed E-state index contributed by atoms with van der Waals surface area (Å²) in [6, 6.07) is 0. The molecule has 0 saturated carbocycles. The molecule has 2 rings (SSSR count). The van der Waals surface area contributed by atoms with Gasteiger partial charge in [0.05, 0.1) is 24.8 Å². The molecule has 0 aromatic heterocycles. The Morgan fingerprint density at radius 3 is 1.51 bits per heavy atom. The van der Waals surface area contributed by atoms with Crippen molar-refractivity contribution >= 4 is 30.8 Å². The summed E-state index contributed by atoms with van der Waals surface area (Å²) < 4.78 is 22.1. The normalized spacial score (nSPS) is 25.6. The summed E-state index contributed by atoms with van der Waals surface area (Å²) in [6.07, 6.45) is 15.8. The van der Waals surface area contributed by atoms with Gasteiger partial charge in [-0.15, -0.1) is 0 Å². The van der Waals surface area contributed by atoms with Crippen LogP contribution in [0.3, 0.4) is 0 Å². The largest absolute Gasteiger partial charge is 0.394 e. The maximum absolute atomic E-state index is 13.3. The van der Waals surface area contributed by atoms with Crippen LogP contribution in [0.25, 0.3) is 0 Å². The van der Waals surface area contributed by atoms with Crippen molar-refractivity contribution in [3.63, 3.8) is 0 Å². The van der Waals surface area contributed by atoms with Crippen molar-refractivity contribution < 1.29 is 63.7 Å². The van der Waals surface area contributed by atoms with E-state index in [-0.39, 0.29) is 19.4 Å². The molecule has 389 valence electrons. The predicted octanol–water partition coefficient (Wildman–Crippen LogP) is 4.81. The molecular weight excluding hydrogens is 863 g/mol. The molecule has 0 aliphatic carbocycles. The maximum Gasteiger partial charge on any atom is 0.273 e. The van der Waals surface area contributed by atoms with Gasteiger partial charge in [-0.3, -0.25) is 19.2 Å². The molecule has 0 spiro atoms. The van der Waals surface area contributed by atoms with Crippen LogP contribution in [0.2, 0.25) is 0 Å². The van der Waals surface area contributed by atoms with Gasteiger partial charge in [0.15, 0.2) is 18.4 Å². The zero-order valence-electron chi connectivity index (χ0n) is 41.6. The molecule has 4 amide bonds. The highest BCUT2D eigenvalue weighted by molar-refractivity contribution is 6.77. The lowest BCUT2D eigenvalue weighted by molar-refractivity contribution is -0.351. The van der Waals surface area contributed by atoms with Gasteiger partial charge < -0.3 is 65.7 Å². The van der Waals surface area contributed by atoms with Crippen molar-refractivity contribution in [1.82, 2.24) is 21.3 Å². The van der Waals surface area contributed by atoms with Crippen LogP contribution in [-0.2, 0) is 33.3 Å². The molecule has 11 atom stereocenters. The SMILES string of the molecule is CCCCCCCCCCCCCCCCNC(=O)[B][C@H](NC(=O)CCC(=O)NCC1O[C@H](O[C@@H]2C(CO)O[C@H](OC)C(O)[C@H]2O)C(O)[C@@H](O)[C@@H]1C)C(=O)NCCCCCCCCCCCC. The van der Waals surface area contributed by atoms with Gasteiger partial charge in [-0.25, -0.2) is 0 Å². The third kappa shape index (κ3) is 25.3. The standard InChI is InChI=1S/C49H92BN4O13/c1-5-7-9-11-13-15-17-18-19-20-22-24-26-28-32-52-49(63)50-45(46(62)51-31-27-25-23-21-16-14-12-10-8-6-2)54-39(57)30-29-38(56)53-33-36-35(3)40(58)42(60)48(65-36)67-44-37(34-55)66-47(64-4)43(61)41(44)59/h35-37,40-45,47-48,55,58-61H,5-34H2,1-4H3,(H,51,62)(H,52,63)(H,53,56)(H,54,57)/t35-,36?,37?,40+,41-,42?,43?,44-,45-,47+,48-/m1/s1. The Morgan fingerprint density at radius 1 is 0.567 bits per heavy atom. The highest BCUT2D eigenvalue weighted by atomic mass is 16.7. The number of amides is 4. The number of hydrogen-bond donors (Lipinski definition) is 9. The van der Waals surface area contributed by atoms with Crippen molar-refractivity contribution in [2.75, 3.05) is 33.4 Å². The number of carbonyl (C=O) groups is 4. The van der Waals surface area contributed by atoms with E-state index in [1.807, 2.05) is 0 Å². The monoisotopic (exact) mass is 956 g/mol. The molecule has 67 heavy (non-hydrogen) atoms. The lowest BCUT2D eigenvalue weighted by atomic mass is 9.67. The lowest BCUT2D eigenvalue weighted by Crippen LogP contribution is -2.63. The number of aliphatic hydroxyl groups excluding tert-OH is 5. The van der Waals surface area contributed by atoms with Gasteiger partial charge in [-0.05, 0) is 12.8 Å². The summed E-state index contributed by atoms with van der Waals surface area (Å²) >= 11 is 0. The van der Waals surface area contributed by atoms with Gasteiger partial charge in [-0.1, -0.05) is 162 Å². The van der Waals surface area contributed by atoms with Crippen LogP contribution in [0.15, 0.2) is 0 Å². The van der Waals surface area contributed by atoms with Gasteiger partial charge in [0, 0.05) is 45.5 Å².